The Morgan fingerprint density at radius 3 is 2.24 bits per heavy atom. The van der Waals surface area contributed by atoms with E-state index in [1.807, 2.05) is 0 Å². The van der Waals surface area contributed by atoms with Crippen molar-refractivity contribution >= 4 is 40.5 Å². The minimum absolute atomic E-state index is 0.0280. The second-order valence-electron chi connectivity index (χ2n) is 6.86. The Bertz CT molecular complexity index is 1250. The first-order chi connectivity index (χ1) is 15.7. The number of hydrogen-bond donors (Lipinski definition) is 1. The summed E-state index contributed by atoms with van der Waals surface area (Å²) in [7, 11) is 0. The van der Waals surface area contributed by atoms with E-state index < -0.39 is 27.8 Å². The van der Waals surface area contributed by atoms with Crippen molar-refractivity contribution in [3.8, 4) is 0 Å². The summed E-state index contributed by atoms with van der Waals surface area (Å²) in [4.78, 5) is 46.4. The average Bonchev–Trinajstić information content (AvgIpc) is 2.78. The number of halogens is 1. The number of nitro benzene ring substituents is 2. The third-order valence-electron chi connectivity index (χ3n) is 4.62. The van der Waals surface area contributed by atoms with Crippen LogP contribution in [0.15, 0.2) is 66.7 Å². The molecule has 0 saturated carbocycles. The molecule has 33 heavy (non-hydrogen) atoms. The van der Waals surface area contributed by atoms with Gasteiger partial charge in [0.05, 0.1) is 26.1 Å². The Morgan fingerprint density at radius 2 is 1.67 bits per heavy atom. The van der Waals surface area contributed by atoms with E-state index in [1.165, 1.54) is 37.3 Å². The highest BCUT2D eigenvalue weighted by Gasteiger charge is 2.27. The molecule has 3 aromatic rings. The van der Waals surface area contributed by atoms with Gasteiger partial charge in [-0.1, -0.05) is 41.9 Å². The summed E-state index contributed by atoms with van der Waals surface area (Å²) in [6.45, 7) is 1.48. The van der Waals surface area contributed by atoms with E-state index in [0.717, 1.165) is 6.07 Å². The molecule has 1 unspecified atom stereocenters. The lowest BCUT2D eigenvalue weighted by Crippen LogP contribution is -2.26. The quantitative estimate of drug-likeness (QED) is 0.291. The Kier molecular flexibility index (Phi) is 6.99. The molecule has 0 fully saturated rings. The molecule has 0 bridgehead atoms. The molecule has 0 radical (unpaired) electrons. The fourth-order valence-corrected chi connectivity index (χ4v) is 3.20. The SMILES string of the molecule is Cc1cc(C(=O)OC(C(=O)Nc2ccc([N+](=O)[O-])cc2Cl)c2ccccc2)ccc1[N+](=O)[O-]. The van der Waals surface area contributed by atoms with Crippen LogP contribution in [0.1, 0.15) is 27.6 Å². The van der Waals surface area contributed by atoms with Crippen molar-refractivity contribution in [3.05, 3.63) is 109 Å². The summed E-state index contributed by atoms with van der Waals surface area (Å²) in [5.74, 6) is -1.62. The van der Waals surface area contributed by atoms with Crippen molar-refractivity contribution in [2.24, 2.45) is 0 Å². The number of benzene rings is 3. The van der Waals surface area contributed by atoms with Crippen molar-refractivity contribution in [2.45, 2.75) is 13.0 Å². The number of rotatable bonds is 7. The lowest BCUT2D eigenvalue weighted by Gasteiger charge is -2.18. The molecule has 0 heterocycles. The minimum Gasteiger partial charge on any atom is -0.444 e. The first kappa shape index (κ1) is 23.4. The number of nitrogens with one attached hydrogen (secondary N) is 1. The molecule has 0 spiro atoms. The highest BCUT2D eigenvalue weighted by atomic mass is 35.5. The zero-order chi connectivity index (χ0) is 24.1. The fourth-order valence-electron chi connectivity index (χ4n) is 2.98. The van der Waals surface area contributed by atoms with Gasteiger partial charge >= 0.3 is 5.97 Å². The van der Waals surface area contributed by atoms with Gasteiger partial charge < -0.3 is 10.1 Å². The smallest absolute Gasteiger partial charge is 0.339 e. The molecule has 168 valence electrons. The molecule has 1 atom stereocenters. The van der Waals surface area contributed by atoms with E-state index in [1.54, 1.807) is 30.3 Å². The Morgan fingerprint density at radius 1 is 0.970 bits per heavy atom. The van der Waals surface area contributed by atoms with Gasteiger partial charge in [-0.05, 0) is 25.1 Å². The Hall–Kier alpha value is -4.31. The standard InChI is InChI=1S/C22H16ClN3O7/c1-13-11-15(7-10-19(13)26(31)32)22(28)33-20(14-5-3-2-4-6-14)21(27)24-18-9-8-16(25(29)30)12-17(18)23/h2-12,20H,1H3,(H,24,27). The van der Waals surface area contributed by atoms with Crippen LogP contribution in [-0.2, 0) is 9.53 Å². The van der Waals surface area contributed by atoms with Gasteiger partial charge in [0.15, 0.2) is 0 Å². The number of carbonyl (C=O) groups is 2. The van der Waals surface area contributed by atoms with Crippen molar-refractivity contribution < 1.29 is 24.2 Å². The maximum atomic E-state index is 13.0. The van der Waals surface area contributed by atoms with Crippen molar-refractivity contribution in [1.82, 2.24) is 0 Å². The van der Waals surface area contributed by atoms with Gasteiger partial charge in [-0.3, -0.25) is 25.0 Å². The molecule has 0 aliphatic carbocycles. The maximum Gasteiger partial charge on any atom is 0.339 e. The highest BCUT2D eigenvalue weighted by Crippen LogP contribution is 2.29. The number of nitro groups is 2. The number of esters is 1. The Labute approximate surface area is 192 Å². The van der Waals surface area contributed by atoms with E-state index >= 15 is 0 Å². The van der Waals surface area contributed by atoms with Gasteiger partial charge in [-0.15, -0.1) is 0 Å². The number of aryl methyl sites for hydroxylation is 1. The molecule has 11 heteroatoms. The van der Waals surface area contributed by atoms with Crippen LogP contribution in [0.3, 0.4) is 0 Å². The van der Waals surface area contributed by atoms with Gasteiger partial charge in [0.2, 0.25) is 6.10 Å². The number of non-ortho nitro benzene ring substituents is 1. The molecular formula is C22H16ClN3O7. The third-order valence-corrected chi connectivity index (χ3v) is 4.93. The van der Waals surface area contributed by atoms with E-state index in [-0.39, 0.29) is 33.2 Å². The topological polar surface area (TPSA) is 142 Å². The molecule has 3 rings (SSSR count). The molecule has 0 saturated heterocycles. The van der Waals surface area contributed by atoms with Gasteiger partial charge in [-0.25, -0.2) is 4.79 Å². The predicted octanol–water partition coefficient (Wildman–Crippen LogP) is 5.00. The second-order valence-corrected chi connectivity index (χ2v) is 7.27. The zero-order valence-electron chi connectivity index (χ0n) is 17.1. The molecule has 1 amide bonds. The molecule has 0 aliphatic rings. The average molecular weight is 470 g/mol. The lowest BCUT2D eigenvalue weighted by atomic mass is 10.1. The van der Waals surface area contributed by atoms with Gasteiger partial charge in [-0.2, -0.15) is 0 Å². The lowest BCUT2D eigenvalue weighted by molar-refractivity contribution is -0.385. The molecule has 3 aromatic carbocycles. The first-order valence-corrected chi connectivity index (χ1v) is 9.81. The van der Waals surface area contributed by atoms with Crippen LogP contribution in [0.5, 0.6) is 0 Å². The zero-order valence-corrected chi connectivity index (χ0v) is 17.8. The van der Waals surface area contributed by atoms with Gasteiger partial charge in [0.25, 0.3) is 17.3 Å². The summed E-state index contributed by atoms with van der Waals surface area (Å²) in [6.07, 6.45) is -1.39. The van der Waals surface area contributed by atoms with E-state index in [0.29, 0.717) is 5.56 Å². The van der Waals surface area contributed by atoms with Crippen molar-refractivity contribution in [1.29, 1.82) is 0 Å². The van der Waals surface area contributed by atoms with Crippen LogP contribution < -0.4 is 5.32 Å². The molecular weight excluding hydrogens is 454 g/mol. The van der Waals surface area contributed by atoms with Crippen molar-refractivity contribution in [3.63, 3.8) is 0 Å². The summed E-state index contributed by atoms with van der Waals surface area (Å²) in [5, 5.41) is 24.3. The van der Waals surface area contributed by atoms with Crippen LogP contribution in [0.4, 0.5) is 17.1 Å². The summed E-state index contributed by atoms with van der Waals surface area (Å²) in [6, 6.07) is 15.4. The highest BCUT2D eigenvalue weighted by molar-refractivity contribution is 6.34. The van der Waals surface area contributed by atoms with E-state index in [2.05, 4.69) is 5.32 Å². The number of nitrogens with zero attached hydrogens (tertiary/aromatic N) is 2. The van der Waals surface area contributed by atoms with Crippen LogP contribution in [-0.4, -0.2) is 21.7 Å². The molecule has 0 aromatic heterocycles. The van der Waals surface area contributed by atoms with Gasteiger partial charge in [0, 0.05) is 29.3 Å². The maximum absolute atomic E-state index is 13.0. The largest absolute Gasteiger partial charge is 0.444 e. The summed E-state index contributed by atoms with van der Waals surface area (Å²) >= 11 is 6.05. The number of carbonyl (C=O) groups excluding carboxylic acids is 2. The second kappa shape index (κ2) is 9.88. The number of amides is 1. The van der Waals surface area contributed by atoms with Crippen molar-refractivity contribution in [2.75, 3.05) is 5.32 Å². The van der Waals surface area contributed by atoms with Crippen LogP contribution in [0, 0.1) is 27.2 Å². The van der Waals surface area contributed by atoms with Crippen LogP contribution in [0.25, 0.3) is 0 Å². The monoisotopic (exact) mass is 469 g/mol. The summed E-state index contributed by atoms with van der Waals surface area (Å²) in [5.41, 5.74) is 0.331. The van der Waals surface area contributed by atoms with E-state index in [9.17, 15) is 29.8 Å². The Balaban J connectivity index is 1.87. The number of ether oxygens (including phenoxy) is 1. The molecule has 1 N–H and O–H groups in total. The number of anilines is 1. The molecule has 10 nitrogen and oxygen atoms in total. The minimum atomic E-state index is -1.39. The van der Waals surface area contributed by atoms with E-state index in [4.69, 9.17) is 16.3 Å². The van der Waals surface area contributed by atoms with Crippen LogP contribution >= 0.6 is 11.6 Å². The van der Waals surface area contributed by atoms with Crippen LogP contribution in [0.2, 0.25) is 5.02 Å². The number of hydrogen-bond acceptors (Lipinski definition) is 7. The normalized spacial score (nSPS) is 11.3. The predicted molar refractivity (Wildman–Crippen MR) is 119 cm³/mol. The van der Waals surface area contributed by atoms with Gasteiger partial charge in [0.1, 0.15) is 0 Å². The summed E-state index contributed by atoms with van der Waals surface area (Å²) < 4.78 is 5.44. The molecule has 0 aliphatic heterocycles. The fraction of sp³-hybridized carbons (Fsp3) is 0.0909. The third kappa shape index (κ3) is 5.49. The first-order valence-electron chi connectivity index (χ1n) is 9.43.